The van der Waals surface area contributed by atoms with Crippen LogP contribution in [0.5, 0.6) is 0 Å². The zero-order chi connectivity index (χ0) is 12.4. The molecule has 1 aromatic heterocycles. The van der Waals surface area contributed by atoms with Crippen molar-refractivity contribution in [2.75, 3.05) is 7.11 Å². The first-order valence-electron chi connectivity index (χ1n) is 5.55. The summed E-state index contributed by atoms with van der Waals surface area (Å²) < 4.78 is 6.74. The van der Waals surface area contributed by atoms with Crippen LogP contribution in [0.15, 0.2) is 37.0 Å². The zero-order valence-electron chi connectivity index (χ0n) is 10.1. The van der Waals surface area contributed by atoms with Crippen LogP contribution in [0.2, 0.25) is 0 Å². The number of allylic oxidation sites excluding steroid dienone is 1. The zero-order valence-corrected chi connectivity index (χ0v) is 10.1. The van der Waals surface area contributed by atoms with Gasteiger partial charge in [0.15, 0.2) is 0 Å². The Kier molecular flexibility index (Phi) is 3.00. The molecule has 0 aliphatic carbocycles. The molecule has 17 heavy (non-hydrogen) atoms. The molecule has 0 saturated carbocycles. The normalized spacial score (nSPS) is 10.5. The van der Waals surface area contributed by atoms with Gasteiger partial charge in [-0.25, -0.2) is 4.79 Å². The standard InChI is InChI=1S/C14H15NO2/c1-4-10(2)15-9-12(14(16)17-3)11-7-5-6-8-13(11)15/h5-9H,2,4H2,1,3H3. The van der Waals surface area contributed by atoms with E-state index in [0.29, 0.717) is 5.56 Å². The Balaban J connectivity index is 2.71. The summed E-state index contributed by atoms with van der Waals surface area (Å²) in [5.41, 5.74) is 2.52. The number of hydrogen-bond donors (Lipinski definition) is 0. The largest absolute Gasteiger partial charge is 0.465 e. The maximum atomic E-state index is 11.7. The van der Waals surface area contributed by atoms with Gasteiger partial charge in [0.05, 0.1) is 18.2 Å². The van der Waals surface area contributed by atoms with Crippen LogP contribution in [0.1, 0.15) is 23.7 Å². The van der Waals surface area contributed by atoms with E-state index in [1.165, 1.54) is 7.11 Å². The van der Waals surface area contributed by atoms with E-state index in [-0.39, 0.29) is 5.97 Å². The summed E-state index contributed by atoms with van der Waals surface area (Å²) in [6.45, 7) is 6.04. The molecule has 0 aliphatic rings. The van der Waals surface area contributed by atoms with Gasteiger partial charge in [-0.05, 0) is 12.5 Å². The minimum atomic E-state index is -0.316. The average molecular weight is 229 g/mol. The van der Waals surface area contributed by atoms with E-state index in [1.54, 1.807) is 6.20 Å². The van der Waals surface area contributed by atoms with Crippen LogP contribution in [-0.4, -0.2) is 17.6 Å². The number of esters is 1. The van der Waals surface area contributed by atoms with Gasteiger partial charge in [0.1, 0.15) is 0 Å². The van der Waals surface area contributed by atoms with Crippen molar-refractivity contribution in [2.45, 2.75) is 13.3 Å². The second kappa shape index (κ2) is 4.45. The van der Waals surface area contributed by atoms with Crippen molar-refractivity contribution < 1.29 is 9.53 Å². The Morgan fingerprint density at radius 3 is 2.76 bits per heavy atom. The molecule has 0 bridgehead atoms. The van der Waals surface area contributed by atoms with Gasteiger partial charge in [-0.2, -0.15) is 0 Å². The lowest BCUT2D eigenvalue weighted by Gasteiger charge is -2.05. The topological polar surface area (TPSA) is 31.2 Å². The Morgan fingerprint density at radius 2 is 2.12 bits per heavy atom. The van der Waals surface area contributed by atoms with E-state index < -0.39 is 0 Å². The monoisotopic (exact) mass is 229 g/mol. The quantitative estimate of drug-likeness (QED) is 0.756. The van der Waals surface area contributed by atoms with E-state index in [1.807, 2.05) is 35.8 Å². The first-order chi connectivity index (χ1) is 8.19. The molecule has 0 spiro atoms. The molecule has 1 heterocycles. The Bertz CT molecular complexity index is 531. The summed E-state index contributed by atoms with van der Waals surface area (Å²) in [4.78, 5) is 11.7. The molecule has 1 aromatic carbocycles. The highest BCUT2D eigenvalue weighted by molar-refractivity contribution is 6.05. The van der Waals surface area contributed by atoms with Crippen molar-refractivity contribution in [1.82, 2.24) is 4.57 Å². The Morgan fingerprint density at radius 1 is 1.41 bits per heavy atom. The highest BCUT2D eigenvalue weighted by atomic mass is 16.5. The van der Waals surface area contributed by atoms with Crippen molar-refractivity contribution in [1.29, 1.82) is 0 Å². The summed E-state index contributed by atoms with van der Waals surface area (Å²) in [7, 11) is 1.39. The summed E-state index contributed by atoms with van der Waals surface area (Å²) in [5.74, 6) is -0.316. The number of fused-ring (bicyclic) bond motifs is 1. The van der Waals surface area contributed by atoms with Crippen molar-refractivity contribution >= 4 is 22.6 Å². The fraction of sp³-hybridized carbons (Fsp3) is 0.214. The Labute approximate surface area is 100 Å². The van der Waals surface area contributed by atoms with Crippen LogP contribution in [-0.2, 0) is 4.74 Å². The minimum Gasteiger partial charge on any atom is -0.465 e. The van der Waals surface area contributed by atoms with Crippen LogP contribution in [0.25, 0.3) is 16.6 Å². The molecule has 0 atom stereocenters. The molecular weight excluding hydrogens is 214 g/mol. The highest BCUT2D eigenvalue weighted by Crippen LogP contribution is 2.25. The smallest absolute Gasteiger partial charge is 0.340 e. The van der Waals surface area contributed by atoms with E-state index >= 15 is 0 Å². The van der Waals surface area contributed by atoms with Gasteiger partial charge in [-0.3, -0.25) is 0 Å². The van der Waals surface area contributed by atoms with Crippen LogP contribution in [0.3, 0.4) is 0 Å². The molecule has 0 unspecified atom stereocenters. The molecule has 88 valence electrons. The number of ether oxygens (including phenoxy) is 1. The Hall–Kier alpha value is -2.03. The van der Waals surface area contributed by atoms with Crippen molar-refractivity contribution in [2.24, 2.45) is 0 Å². The van der Waals surface area contributed by atoms with Gasteiger partial charge < -0.3 is 9.30 Å². The first kappa shape index (κ1) is 11.5. The van der Waals surface area contributed by atoms with Gasteiger partial charge in [0.2, 0.25) is 0 Å². The first-order valence-corrected chi connectivity index (χ1v) is 5.55. The lowest BCUT2D eigenvalue weighted by atomic mass is 10.2. The van der Waals surface area contributed by atoms with Crippen LogP contribution < -0.4 is 0 Å². The fourth-order valence-electron chi connectivity index (χ4n) is 1.88. The van der Waals surface area contributed by atoms with E-state index in [0.717, 1.165) is 23.0 Å². The van der Waals surface area contributed by atoms with E-state index in [9.17, 15) is 4.79 Å². The number of aromatic nitrogens is 1. The van der Waals surface area contributed by atoms with Crippen molar-refractivity contribution in [3.05, 3.63) is 42.6 Å². The van der Waals surface area contributed by atoms with E-state index in [4.69, 9.17) is 4.74 Å². The molecule has 3 heteroatoms. The third-order valence-electron chi connectivity index (χ3n) is 2.87. The van der Waals surface area contributed by atoms with Gasteiger partial charge in [-0.15, -0.1) is 0 Å². The predicted molar refractivity (Wildman–Crippen MR) is 68.9 cm³/mol. The number of hydrogen-bond acceptors (Lipinski definition) is 2. The molecule has 0 N–H and O–H groups in total. The van der Waals surface area contributed by atoms with Gasteiger partial charge in [0, 0.05) is 17.3 Å². The molecular formula is C14H15NO2. The third kappa shape index (κ3) is 1.84. The third-order valence-corrected chi connectivity index (χ3v) is 2.87. The second-order valence-electron chi connectivity index (χ2n) is 3.84. The number of nitrogens with zero attached hydrogens (tertiary/aromatic N) is 1. The van der Waals surface area contributed by atoms with Crippen molar-refractivity contribution in [3.8, 4) is 0 Å². The molecule has 0 aliphatic heterocycles. The fourth-order valence-corrected chi connectivity index (χ4v) is 1.88. The number of carbonyl (C=O) groups excluding carboxylic acids is 1. The maximum absolute atomic E-state index is 11.7. The number of methoxy groups -OCH3 is 1. The van der Waals surface area contributed by atoms with Gasteiger partial charge in [0.25, 0.3) is 0 Å². The number of carbonyl (C=O) groups is 1. The number of rotatable bonds is 3. The predicted octanol–water partition coefficient (Wildman–Crippen LogP) is 3.31. The molecule has 3 nitrogen and oxygen atoms in total. The van der Waals surface area contributed by atoms with E-state index in [2.05, 4.69) is 6.58 Å². The molecule has 0 radical (unpaired) electrons. The van der Waals surface area contributed by atoms with Crippen LogP contribution in [0, 0.1) is 0 Å². The molecule has 0 saturated heterocycles. The SMILES string of the molecule is C=C(CC)n1cc(C(=O)OC)c2ccccc21. The molecule has 0 amide bonds. The molecule has 0 fully saturated rings. The molecule has 2 aromatic rings. The summed E-state index contributed by atoms with van der Waals surface area (Å²) >= 11 is 0. The summed E-state index contributed by atoms with van der Waals surface area (Å²) in [6, 6.07) is 7.75. The highest BCUT2D eigenvalue weighted by Gasteiger charge is 2.15. The lowest BCUT2D eigenvalue weighted by molar-refractivity contribution is 0.0603. The minimum absolute atomic E-state index is 0.316. The van der Waals surface area contributed by atoms with Gasteiger partial charge >= 0.3 is 5.97 Å². The molecule has 2 rings (SSSR count). The van der Waals surface area contributed by atoms with Gasteiger partial charge in [-0.1, -0.05) is 31.7 Å². The maximum Gasteiger partial charge on any atom is 0.340 e. The average Bonchev–Trinajstić information content (AvgIpc) is 2.76. The van der Waals surface area contributed by atoms with Crippen LogP contribution >= 0.6 is 0 Å². The lowest BCUT2D eigenvalue weighted by Crippen LogP contribution is -2.00. The van der Waals surface area contributed by atoms with Crippen molar-refractivity contribution in [3.63, 3.8) is 0 Å². The summed E-state index contributed by atoms with van der Waals surface area (Å²) in [5, 5.41) is 0.897. The number of para-hydroxylation sites is 1. The number of benzene rings is 1. The summed E-state index contributed by atoms with van der Waals surface area (Å²) in [6.07, 6.45) is 2.63. The van der Waals surface area contributed by atoms with Crippen LogP contribution in [0.4, 0.5) is 0 Å². The second-order valence-corrected chi connectivity index (χ2v) is 3.84.